The molecule has 2 aromatic rings. The van der Waals surface area contributed by atoms with Crippen molar-refractivity contribution in [2.24, 2.45) is 0 Å². The van der Waals surface area contributed by atoms with Crippen LogP contribution in [0.2, 0.25) is 0 Å². The van der Waals surface area contributed by atoms with Crippen molar-refractivity contribution in [1.82, 2.24) is 10.6 Å². The molecule has 23 heavy (non-hydrogen) atoms. The third kappa shape index (κ3) is 3.36. The second kappa shape index (κ2) is 6.56. The number of hydrogen-bond acceptors (Lipinski definition) is 3. The number of carbonyl (C=O) groups is 2. The molecule has 1 aliphatic rings. The largest absolute Gasteiger partial charge is 0.467 e. The standard InChI is InChI=1S/C17H19N3O3/c1-12(19-17(22)18-11-14-6-4-10-23-14)16(21)20-9-8-13-5-2-3-7-15(13)20/h2-7,10,12H,8-9,11H2,1H3,(H2,18,19,22). The minimum atomic E-state index is -0.599. The highest BCUT2D eigenvalue weighted by Crippen LogP contribution is 2.27. The minimum Gasteiger partial charge on any atom is -0.467 e. The molecule has 3 amide bonds. The van der Waals surface area contributed by atoms with Gasteiger partial charge in [0.2, 0.25) is 5.91 Å². The van der Waals surface area contributed by atoms with Gasteiger partial charge >= 0.3 is 6.03 Å². The Bertz CT molecular complexity index is 697. The van der Waals surface area contributed by atoms with E-state index < -0.39 is 12.1 Å². The summed E-state index contributed by atoms with van der Waals surface area (Å²) in [5, 5.41) is 5.33. The van der Waals surface area contributed by atoms with Crippen LogP contribution in [0.3, 0.4) is 0 Å². The lowest BCUT2D eigenvalue weighted by molar-refractivity contribution is -0.119. The number of nitrogens with zero attached hydrogens (tertiary/aromatic N) is 1. The molecule has 1 aromatic carbocycles. The van der Waals surface area contributed by atoms with Crippen molar-refractivity contribution in [3.63, 3.8) is 0 Å². The topological polar surface area (TPSA) is 74.6 Å². The van der Waals surface area contributed by atoms with Crippen molar-refractivity contribution in [1.29, 1.82) is 0 Å². The van der Waals surface area contributed by atoms with Gasteiger partial charge in [-0.1, -0.05) is 18.2 Å². The predicted octanol–water partition coefficient (Wildman–Crippen LogP) is 2.06. The zero-order valence-corrected chi connectivity index (χ0v) is 12.9. The Labute approximate surface area is 134 Å². The second-order valence-electron chi connectivity index (χ2n) is 5.50. The van der Waals surface area contributed by atoms with Gasteiger partial charge in [-0.2, -0.15) is 0 Å². The Balaban J connectivity index is 1.55. The first-order chi connectivity index (χ1) is 11.1. The average molecular weight is 313 g/mol. The Morgan fingerprint density at radius 2 is 2.09 bits per heavy atom. The highest BCUT2D eigenvalue weighted by Gasteiger charge is 2.28. The molecule has 1 unspecified atom stereocenters. The fourth-order valence-corrected chi connectivity index (χ4v) is 2.69. The molecule has 0 aliphatic carbocycles. The van der Waals surface area contributed by atoms with Gasteiger partial charge in [-0.3, -0.25) is 4.79 Å². The van der Waals surface area contributed by atoms with E-state index in [0.29, 0.717) is 12.3 Å². The molecule has 120 valence electrons. The summed E-state index contributed by atoms with van der Waals surface area (Å²) >= 11 is 0. The molecule has 0 saturated heterocycles. The third-order valence-electron chi connectivity index (χ3n) is 3.87. The fourth-order valence-electron chi connectivity index (χ4n) is 2.69. The molecule has 0 saturated carbocycles. The SMILES string of the molecule is CC(NC(=O)NCc1ccco1)C(=O)N1CCc2ccccc21. The molecule has 1 aliphatic heterocycles. The quantitative estimate of drug-likeness (QED) is 0.907. The Morgan fingerprint density at radius 3 is 2.87 bits per heavy atom. The number of benzene rings is 1. The monoisotopic (exact) mass is 313 g/mol. The molecule has 6 nitrogen and oxygen atoms in total. The molecular formula is C17H19N3O3. The van der Waals surface area contributed by atoms with Crippen LogP contribution in [-0.2, 0) is 17.8 Å². The number of hydrogen-bond donors (Lipinski definition) is 2. The molecule has 2 heterocycles. The lowest BCUT2D eigenvalue weighted by Crippen LogP contribution is -2.49. The average Bonchev–Trinajstić information content (AvgIpc) is 3.21. The van der Waals surface area contributed by atoms with Crippen LogP contribution in [-0.4, -0.2) is 24.5 Å². The summed E-state index contributed by atoms with van der Waals surface area (Å²) in [6.45, 7) is 2.63. The van der Waals surface area contributed by atoms with Gasteiger partial charge in [-0.25, -0.2) is 4.79 Å². The maximum atomic E-state index is 12.5. The van der Waals surface area contributed by atoms with Crippen molar-refractivity contribution in [2.75, 3.05) is 11.4 Å². The third-order valence-corrected chi connectivity index (χ3v) is 3.87. The summed E-state index contributed by atoms with van der Waals surface area (Å²) in [6, 6.07) is 10.4. The summed E-state index contributed by atoms with van der Waals surface area (Å²) in [6.07, 6.45) is 2.39. The summed E-state index contributed by atoms with van der Waals surface area (Å²) in [7, 11) is 0. The number of amides is 3. The Morgan fingerprint density at radius 1 is 1.26 bits per heavy atom. The molecule has 2 N–H and O–H groups in total. The lowest BCUT2D eigenvalue weighted by atomic mass is 10.2. The van der Waals surface area contributed by atoms with Crippen molar-refractivity contribution < 1.29 is 14.0 Å². The number of para-hydroxylation sites is 1. The number of rotatable bonds is 4. The smallest absolute Gasteiger partial charge is 0.315 e. The molecule has 1 atom stereocenters. The van der Waals surface area contributed by atoms with Crippen molar-refractivity contribution in [2.45, 2.75) is 25.9 Å². The van der Waals surface area contributed by atoms with Gasteiger partial charge < -0.3 is 20.0 Å². The first-order valence-electron chi connectivity index (χ1n) is 7.61. The van der Waals surface area contributed by atoms with Crippen LogP contribution in [0.15, 0.2) is 47.1 Å². The molecule has 6 heteroatoms. The molecule has 0 bridgehead atoms. The van der Waals surface area contributed by atoms with E-state index in [-0.39, 0.29) is 12.5 Å². The summed E-state index contributed by atoms with van der Waals surface area (Å²) in [5.41, 5.74) is 2.09. The van der Waals surface area contributed by atoms with Crippen LogP contribution in [0.5, 0.6) is 0 Å². The van der Waals surface area contributed by atoms with Gasteiger partial charge in [0.25, 0.3) is 0 Å². The van der Waals surface area contributed by atoms with Crippen LogP contribution in [0, 0.1) is 0 Å². The van der Waals surface area contributed by atoms with E-state index in [1.807, 2.05) is 24.3 Å². The number of nitrogens with one attached hydrogen (secondary N) is 2. The summed E-state index contributed by atoms with van der Waals surface area (Å²) in [5.74, 6) is 0.552. The van der Waals surface area contributed by atoms with Crippen molar-refractivity contribution in [3.8, 4) is 0 Å². The van der Waals surface area contributed by atoms with E-state index in [0.717, 1.165) is 17.7 Å². The van der Waals surface area contributed by atoms with Crippen LogP contribution in [0.1, 0.15) is 18.2 Å². The summed E-state index contributed by atoms with van der Waals surface area (Å²) < 4.78 is 5.14. The molecule has 1 aromatic heterocycles. The zero-order valence-electron chi connectivity index (χ0n) is 12.9. The fraction of sp³-hybridized carbons (Fsp3) is 0.294. The predicted molar refractivity (Wildman–Crippen MR) is 86.0 cm³/mol. The van der Waals surface area contributed by atoms with Crippen molar-refractivity contribution >= 4 is 17.6 Å². The van der Waals surface area contributed by atoms with E-state index in [2.05, 4.69) is 10.6 Å². The van der Waals surface area contributed by atoms with Gasteiger partial charge in [0, 0.05) is 12.2 Å². The van der Waals surface area contributed by atoms with E-state index >= 15 is 0 Å². The molecule has 0 radical (unpaired) electrons. The van der Waals surface area contributed by atoms with Crippen molar-refractivity contribution in [3.05, 3.63) is 54.0 Å². The molecule has 0 fully saturated rings. The maximum absolute atomic E-state index is 12.5. The number of furan rings is 1. The normalized spacial score (nSPS) is 14.2. The van der Waals surface area contributed by atoms with Gasteiger partial charge in [-0.05, 0) is 37.1 Å². The number of urea groups is 1. The maximum Gasteiger partial charge on any atom is 0.315 e. The first-order valence-corrected chi connectivity index (χ1v) is 7.61. The highest BCUT2D eigenvalue weighted by atomic mass is 16.3. The molecular weight excluding hydrogens is 294 g/mol. The lowest BCUT2D eigenvalue weighted by Gasteiger charge is -2.22. The van der Waals surface area contributed by atoms with Crippen LogP contribution in [0.4, 0.5) is 10.5 Å². The highest BCUT2D eigenvalue weighted by molar-refractivity contribution is 6.00. The zero-order chi connectivity index (χ0) is 16.2. The van der Waals surface area contributed by atoms with E-state index in [9.17, 15) is 9.59 Å². The van der Waals surface area contributed by atoms with Gasteiger partial charge in [0.15, 0.2) is 0 Å². The number of carbonyl (C=O) groups excluding carboxylic acids is 2. The first kappa shape index (κ1) is 15.1. The van der Waals surface area contributed by atoms with Gasteiger partial charge in [-0.15, -0.1) is 0 Å². The summed E-state index contributed by atoms with van der Waals surface area (Å²) in [4.78, 5) is 26.1. The van der Waals surface area contributed by atoms with Crippen LogP contribution in [0.25, 0.3) is 0 Å². The van der Waals surface area contributed by atoms with E-state index in [1.54, 1.807) is 30.2 Å². The molecule has 3 rings (SSSR count). The van der Waals surface area contributed by atoms with Crippen LogP contribution < -0.4 is 15.5 Å². The van der Waals surface area contributed by atoms with E-state index in [1.165, 1.54) is 0 Å². The molecule has 0 spiro atoms. The van der Waals surface area contributed by atoms with Gasteiger partial charge in [0.1, 0.15) is 11.8 Å². The number of fused-ring (bicyclic) bond motifs is 1. The van der Waals surface area contributed by atoms with Gasteiger partial charge in [0.05, 0.1) is 12.8 Å². The Hall–Kier alpha value is -2.76. The minimum absolute atomic E-state index is 0.108. The second-order valence-corrected chi connectivity index (χ2v) is 5.50. The van der Waals surface area contributed by atoms with E-state index in [4.69, 9.17) is 4.42 Å². The number of anilines is 1. The van der Waals surface area contributed by atoms with Crippen LogP contribution >= 0.6 is 0 Å². The Kier molecular flexibility index (Phi) is 4.32.